The van der Waals surface area contributed by atoms with Crippen molar-refractivity contribution in [2.75, 3.05) is 6.61 Å². The first-order valence-electron chi connectivity index (χ1n) is 9.54. The number of aryl methyl sites for hydroxylation is 2. The minimum absolute atomic E-state index is 0.0226. The maximum atomic E-state index is 12.2. The van der Waals surface area contributed by atoms with Crippen LogP contribution in [0.2, 0.25) is 0 Å². The van der Waals surface area contributed by atoms with E-state index in [0.717, 1.165) is 28.2 Å². The molecule has 1 fully saturated rings. The van der Waals surface area contributed by atoms with Crippen LogP contribution in [0.15, 0.2) is 36.4 Å². The Kier molecular flexibility index (Phi) is 6.62. The second-order valence-electron chi connectivity index (χ2n) is 7.20. The summed E-state index contributed by atoms with van der Waals surface area (Å²) in [7, 11) is 0. The lowest BCUT2D eigenvalue weighted by Crippen LogP contribution is -2.33. The number of rotatable bonds is 9. The largest absolute Gasteiger partial charge is 0.456 e. The molecule has 5 nitrogen and oxygen atoms in total. The maximum Gasteiger partial charge on any atom is 0.306 e. The number of carbonyl (C=O) groups is 3. The molecule has 1 amide bonds. The van der Waals surface area contributed by atoms with Gasteiger partial charge in [0.05, 0.1) is 12.5 Å². The second kappa shape index (κ2) is 9.15. The van der Waals surface area contributed by atoms with Crippen molar-refractivity contribution in [1.29, 1.82) is 0 Å². The summed E-state index contributed by atoms with van der Waals surface area (Å²) in [6.07, 6.45) is 2.24. The Labute approximate surface area is 169 Å². The zero-order valence-electron chi connectivity index (χ0n) is 16.2. The number of nitrogens with one attached hydrogen (secondary N) is 1. The van der Waals surface area contributed by atoms with Gasteiger partial charge in [-0.05, 0) is 44.2 Å². The smallest absolute Gasteiger partial charge is 0.306 e. The van der Waals surface area contributed by atoms with Crippen LogP contribution in [0, 0.1) is 19.8 Å². The Balaban J connectivity index is 1.43. The average Bonchev–Trinajstić information content (AvgIpc) is 3.46. The van der Waals surface area contributed by atoms with Gasteiger partial charge in [-0.2, -0.15) is 0 Å². The van der Waals surface area contributed by atoms with Gasteiger partial charge in [-0.3, -0.25) is 14.4 Å². The van der Waals surface area contributed by atoms with Crippen LogP contribution in [0.25, 0.3) is 0 Å². The molecule has 148 valence electrons. The van der Waals surface area contributed by atoms with Crippen molar-refractivity contribution >= 4 is 29.0 Å². The lowest BCUT2D eigenvalue weighted by atomic mass is 10.0. The first kappa shape index (κ1) is 20.3. The summed E-state index contributed by atoms with van der Waals surface area (Å²) < 4.78 is 5.06. The fourth-order valence-electron chi connectivity index (χ4n) is 3.25. The summed E-state index contributed by atoms with van der Waals surface area (Å²) in [6.45, 7) is 3.53. The van der Waals surface area contributed by atoms with Gasteiger partial charge in [-0.15, -0.1) is 11.3 Å². The fraction of sp³-hybridized carbons (Fsp3) is 0.409. The van der Waals surface area contributed by atoms with E-state index < -0.39 is 5.97 Å². The molecule has 1 aliphatic carbocycles. The zero-order valence-corrected chi connectivity index (χ0v) is 17.0. The van der Waals surface area contributed by atoms with Crippen molar-refractivity contribution in [3.05, 3.63) is 57.3 Å². The van der Waals surface area contributed by atoms with Gasteiger partial charge in [0.15, 0.2) is 12.4 Å². The SMILES string of the molecule is Cc1cc(C(=O)CCC(=O)OCC(=O)NC(c2ccccc2)C2CC2)c(C)s1. The summed E-state index contributed by atoms with van der Waals surface area (Å²) in [6, 6.07) is 11.6. The van der Waals surface area contributed by atoms with E-state index in [2.05, 4.69) is 5.32 Å². The molecular formula is C22H25NO4S. The first-order valence-corrected chi connectivity index (χ1v) is 10.4. The van der Waals surface area contributed by atoms with E-state index in [0.29, 0.717) is 11.5 Å². The molecular weight excluding hydrogens is 374 g/mol. The average molecular weight is 400 g/mol. The van der Waals surface area contributed by atoms with Gasteiger partial charge in [-0.25, -0.2) is 0 Å². The van der Waals surface area contributed by atoms with Gasteiger partial charge in [0.1, 0.15) is 0 Å². The minimum Gasteiger partial charge on any atom is -0.456 e. The van der Waals surface area contributed by atoms with Crippen molar-refractivity contribution in [3.63, 3.8) is 0 Å². The highest BCUT2D eigenvalue weighted by Gasteiger charge is 2.33. The standard InChI is InChI=1S/C22H25NO4S/c1-14-12-18(15(2)28-14)19(24)10-11-21(26)27-13-20(25)23-22(17-8-9-17)16-6-4-3-5-7-16/h3-7,12,17,22H,8-11,13H2,1-2H3,(H,23,25). The number of ketones is 1. The number of hydrogen-bond donors (Lipinski definition) is 1. The van der Waals surface area contributed by atoms with Crippen LogP contribution >= 0.6 is 11.3 Å². The quantitative estimate of drug-likeness (QED) is 0.508. The van der Waals surface area contributed by atoms with Gasteiger partial charge < -0.3 is 10.1 Å². The molecule has 1 heterocycles. The van der Waals surface area contributed by atoms with Gasteiger partial charge in [0, 0.05) is 21.7 Å². The van der Waals surface area contributed by atoms with E-state index >= 15 is 0 Å². The van der Waals surface area contributed by atoms with Crippen LogP contribution in [0.3, 0.4) is 0 Å². The molecule has 0 aliphatic heterocycles. The highest BCUT2D eigenvalue weighted by Crippen LogP contribution is 2.40. The van der Waals surface area contributed by atoms with E-state index in [9.17, 15) is 14.4 Å². The monoisotopic (exact) mass is 399 g/mol. The summed E-state index contributed by atoms with van der Waals surface area (Å²) >= 11 is 1.57. The Hall–Kier alpha value is -2.47. The number of thiophene rings is 1. The first-order chi connectivity index (χ1) is 13.4. The third-order valence-electron chi connectivity index (χ3n) is 4.83. The highest BCUT2D eigenvalue weighted by atomic mass is 32.1. The van der Waals surface area contributed by atoms with Crippen LogP contribution in [-0.4, -0.2) is 24.3 Å². The number of amides is 1. The predicted molar refractivity (Wildman–Crippen MR) is 108 cm³/mol. The Morgan fingerprint density at radius 2 is 1.86 bits per heavy atom. The second-order valence-corrected chi connectivity index (χ2v) is 8.66. The molecule has 0 bridgehead atoms. The molecule has 6 heteroatoms. The molecule has 2 aromatic rings. The maximum absolute atomic E-state index is 12.2. The molecule has 1 aromatic carbocycles. The molecule has 0 spiro atoms. The van der Waals surface area contributed by atoms with Crippen LogP contribution in [0.5, 0.6) is 0 Å². The molecule has 1 unspecified atom stereocenters. The Morgan fingerprint density at radius 3 is 2.46 bits per heavy atom. The van der Waals surface area contributed by atoms with Crippen molar-refractivity contribution < 1.29 is 19.1 Å². The predicted octanol–water partition coefficient (Wildman–Crippen LogP) is 4.14. The summed E-state index contributed by atoms with van der Waals surface area (Å²) in [5.74, 6) is -0.473. The number of Topliss-reactive ketones (excluding diaryl/α,β-unsaturated/α-hetero) is 1. The van der Waals surface area contributed by atoms with E-state index in [1.807, 2.05) is 50.2 Å². The lowest BCUT2D eigenvalue weighted by Gasteiger charge is -2.18. The number of ether oxygens (including phenoxy) is 1. The molecule has 1 atom stereocenters. The third-order valence-corrected chi connectivity index (χ3v) is 5.80. The fourth-order valence-corrected chi connectivity index (χ4v) is 4.20. The minimum atomic E-state index is -0.532. The van der Waals surface area contributed by atoms with E-state index in [1.54, 1.807) is 11.3 Å². The number of benzene rings is 1. The molecule has 28 heavy (non-hydrogen) atoms. The van der Waals surface area contributed by atoms with Crippen molar-refractivity contribution in [3.8, 4) is 0 Å². The molecule has 3 rings (SSSR count). The van der Waals surface area contributed by atoms with Crippen molar-refractivity contribution in [2.24, 2.45) is 5.92 Å². The summed E-state index contributed by atoms with van der Waals surface area (Å²) in [5, 5.41) is 2.97. The van der Waals surface area contributed by atoms with Crippen LogP contribution in [-0.2, 0) is 14.3 Å². The van der Waals surface area contributed by atoms with Crippen molar-refractivity contribution in [1.82, 2.24) is 5.32 Å². The topological polar surface area (TPSA) is 72.5 Å². The Bertz CT molecular complexity index is 855. The number of carbonyl (C=O) groups excluding carboxylic acids is 3. The summed E-state index contributed by atoms with van der Waals surface area (Å²) in [4.78, 5) is 38.4. The molecule has 0 saturated heterocycles. The van der Waals surface area contributed by atoms with Gasteiger partial charge >= 0.3 is 5.97 Å². The van der Waals surface area contributed by atoms with E-state index in [-0.39, 0.29) is 37.2 Å². The third kappa shape index (κ3) is 5.52. The Morgan fingerprint density at radius 1 is 1.14 bits per heavy atom. The molecule has 1 N–H and O–H groups in total. The van der Waals surface area contributed by atoms with Crippen LogP contribution in [0.1, 0.15) is 57.4 Å². The van der Waals surface area contributed by atoms with Gasteiger partial charge in [0.25, 0.3) is 5.91 Å². The molecule has 1 aromatic heterocycles. The van der Waals surface area contributed by atoms with Gasteiger partial charge in [0.2, 0.25) is 0 Å². The van der Waals surface area contributed by atoms with Crippen LogP contribution in [0.4, 0.5) is 0 Å². The number of esters is 1. The zero-order chi connectivity index (χ0) is 20.1. The molecule has 0 radical (unpaired) electrons. The van der Waals surface area contributed by atoms with Gasteiger partial charge in [-0.1, -0.05) is 30.3 Å². The molecule has 1 saturated carbocycles. The van der Waals surface area contributed by atoms with E-state index in [4.69, 9.17) is 4.74 Å². The van der Waals surface area contributed by atoms with Crippen molar-refractivity contribution in [2.45, 2.75) is 45.6 Å². The highest BCUT2D eigenvalue weighted by molar-refractivity contribution is 7.12. The summed E-state index contributed by atoms with van der Waals surface area (Å²) in [5.41, 5.74) is 1.74. The normalized spacial score (nSPS) is 14.4. The van der Waals surface area contributed by atoms with E-state index in [1.165, 1.54) is 0 Å². The molecule has 1 aliphatic rings. The number of hydrogen-bond acceptors (Lipinski definition) is 5. The van der Waals surface area contributed by atoms with Crippen LogP contribution < -0.4 is 5.32 Å². The lowest BCUT2D eigenvalue weighted by molar-refractivity contribution is -0.148.